The first kappa shape index (κ1) is 14.1. The van der Waals surface area contributed by atoms with Crippen molar-refractivity contribution in [3.05, 3.63) is 35.7 Å². The first-order valence-corrected chi connectivity index (χ1v) is 6.61. The summed E-state index contributed by atoms with van der Waals surface area (Å²) in [6, 6.07) is 5.59. The molecule has 0 fully saturated rings. The molecule has 0 atom stereocenters. The van der Waals surface area contributed by atoms with Crippen LogP contribution in [0.1, 0.15) is 29.9 Å². The molecule has 5 nitrogen and oxygen atoms in total. The van der Waals surface area contributed by atoms with E-state index in [1.54, 1.807) is 17.8 Å². The molecule has 2 aromatic rings. The van der Waals surface area contributed by atoms with Gasteiger partial charge in [0.2, 0.25) is 0 Å². The lowest BCUT2D eigenvalue weighted by atomic mass is 10.2. The normalized spacial score (nSPS) is 10.3. The molecule has 5 heteroatoms. The molecule has 0 spiro atoms. The molecule has 1 aromatic carbocycles. The van der Waals surface area contributed by atoms with Crippen LogP contribution in [0.15, 0.2) is 24.4 Å². The van der Waals surface area contributed by atoms with Crippen molar-refractivity contribution in [2.45, 2.75) is 20.8 Å². The number of nitrogens with zero attached hydrogens (tertiary/aromatic N) is 2. The summed E-state index contributed by atoms with van der Waals surface area (Å²) >= 11 is 0. The molecule has 106 valence electrons. The maximum Gasteiger partial charge on any atom is 0.163 e. The Morgan fingerprint density at radius 3 is 2.50 bits per heavy atom. The van der Waals surface area contributed by atoms with Crippen LogP contribution in [0.4, 0.5) is 0 Å². The second-order valence-electron chi connectivity index (χ2n) is 4.23. The number of aryl methyl sites for hydroxylation is 1. The fraction of sp³-hybridized carbons (Fsp3) is 0.333. The Morgan fingerprint density at radius 1 is 1.20 bits per heavy atom. The van der Waals surface area contributed by atoms with Gasteiger partial charge in [-0.15, -0.1) is 0 Å². The molecule has 0 aliphatic rings. The average Bonchev–Trinajstić information content (AvgIpc) is 2.82. The molecule has 20 heavy (non-hydrogen) atoms. The van der Waals surface area contributed by atoms with E-state index >= 15 is 0 Å². The van der Waals surface area contributed by atoms with Crippen molar-refractivity contribution in [3.8, 4) is 17.2 Å². The van der Waals surface area contributed by atoms with Gasteiger partial charge in [0.15, 0.2) is 17.8 Å². The number of rotatable bonds is 6. The van der Waals surface area contributed by atoms with Gasteiger partial charge in [-0.25, -0.2) is 4.68 Å². The highest BCUT2D eigenvalue weighted by Crippen LogP contribution is 2.30. The molecule has 0 aliphatic carbocycles. The van der Waals surface area contributed by atoms with Crippen molar-refractivity contribution in [1.29, 1.82) is 0 Å². The van der Waals surface area contributed by atoms with Gasteiger partial charge in [0.1, 0.15) is 0 Å². The number of aromatic nitrogens is 2. The number of hydrogen-bond acceptors (Lipinski definition) is 4. The molecule has 0 aliphatic heterocycles. The van der Waals surface area contributed by atoms with E-state index in [2.05, 4.69) is 5.10 Å². The van der Waals surface area contributed by atoms with E-state index < -0.39 is 0 Å². The molecule has 0 saturated carbocycles. The minimum Gasteiger partial charge on any atom is -0.490 e. The lowest BCUT2D eigenvalue weighted by molar-refractivity contribution is 0.112. The number of ether oxygens (including phenoxy) is 2. The van der Waals surface area contributed by atoms with Crippen molar-refractivity contribution in [3.63, 3.8) is 0 Å². The van der Waals surface area contributed by atoms with Gasteiger partial charge in [-0.1, -0.05) is 0 Å². The molecular formula is C15H18N2O3. The smallest absolute Gasteiger partial charge is 0.163 e. The molecule has 1 heterocycles. The Labute approximate surface area is 118 Å². The van der Waals surface area contributed by atoms with Crippen LogP contribution in [0.25, 0.3) is 5.69 Å². The fourth-order valence-electron chi connectivity index (χ4n) is 1.90. The molecule has 0 saturated heterocycles. The van der Waals surface area contributed by atoms with Crippen LogP contribution in [0.3, 0.4) is 0 Å². The van der Waals surface area contributed by atoms with Gasteiger partial charge in [0.05, 0.1) is 30.2 Å². The van der Waals surface area contributed by atoms with Crippen LogP contribution in [-0.4, -0.2) is 29.3 Å². The summed E-state index contributed by atoms with van der Waals surface area (Å²) < 4.78 is 12.8. The fourth-order valence-corrected chi connectivity index (χ4v) is 1.90. The summed E-state index contributed by atoms with van der Waals surface area (Å²) in [6.45, 7) is 6.79. The van der Waals surface area contributed by atoms with Gasteiger partial charge in [-0.3, -0.25) is 4.79 Å². The third-order valence-corrected chi connectivity index (χ3v) is 2.86. The quantitative estimate of drug-likeness (QED) is 0.760. The number of carbonyl (C=O) groups is 1. The van der Waals surface area contributed by atoms with Gasteiger partial charge in [0.25, 0.3) is 0 Å². The monoisotopic (exact) mass is 274 g/mol. The highest BCUT2D eigenvalue weighted by atomic mass is 16.5. The Hall–Kier alpha value is -2.30. The van der Waals surface area contributed by atoms with Gasteiger partial charge >= 0.3 is 0 Å². The highest BCUT2D eigenvalue weighted by molar-refractivity contribution is 5.76. The Bertz CT molecular complexity index is 605. The molecule has 0 radical (unpaired) electrons. The standard InChI is InChI=1S/C15H18N2O3/c1-4-19-14-7-6-13(8-15(14)20-5-2)17-9-12(10-18)11(3)16-17/h6-10H,4-5H2,1-3H3. The van der Waals surface area contributed by atoms with Crippen LogP contribution in [0.2, 0.25) is 0 Å². The van der Waals surface area contributed by atoms with Crippen LogP contribution in [0, 0.1) is 6.92 Å². The summed E-state index contributed by atoms with van der Waals surface area (Å²) in [5.41, 5.74) is 2.11. The lowest BCUT2D eigenvalue weighted by Gasteiger charge is -2.12. The third kappa shape index (κ3) is 2.82. The summed E-state index contributed by atoms with van der Waals surface area (Å²) in [5, 5.41) is 4.32. The first-order valence-electron chi connectivity index (χ1n) is 6.61. The van der Waals surface area contributed by atoms with E-state index in [1.807, 2.05) is 32.0 Å². The first-order chi connectivity index (χ1) is 9.69. The molecule has 2 rings (SSSR count). The number of hydrogen-bond donors (Lipinski definition) is 0. The zero-order valence-electron chi connectivity index (χ0n) is 11.9. The predicted molar refractivity (Wildman–Crippen MR) is 76.0 cm³/mol. The van der Waals surface area contributed by atoms with E-state index in [9.17, 15) is 4.79 Å². The summed E-state index contributed by atoms with van der Waals surface area (Å²) in [7, 11) is 0. The van der Waals surface area contributed by atoms with E-state index in [1.165, 1.54) is 0 Å². The largest absolute Gasteiger partial charge is 0.490 e. The van der Waals surface area contributed by atoms with Crippen molar-refractivity contribution in [2.75, 3.05) is 13.2 Å². The lowest BCUT2D eigenvalue weighted by Crippen LogP contribution is -2.01. The SMILES string of the molecule is CCOc1ccc(-n2cc(C=O)c(C)n2)cc1OCC. The maximum atomic E-state index is 10.9. The number of aldehydes is 1. The number of benzene rings is 1. The molecule has 0 unspecified atom stereocenters. The van der Waals surface area contributed by atoms with Gasteiger partial charge in [0, 0.05) is 12.3 Å². The Morgan fingerprint density at radius 2 is 1.90 bits per heavy atom. The Balaban J connectivity index is 2.40. The van der Waals surface area contributed by atoms with E-state index in [4.69, 9.17) is 9.47 Å². The van der Waals surface area contributed by atoms with Crippen LogP contribution < -0.4 is 9.47 Å². The maximum absolute atomic E-state index is 10.9. The molecule has 0 amide bonds. The third-order valence-electron chi connectivity index (χ3n) is 2.86. The van der Waals surface area contributed by atoms with Gasteiger partial charge in [-0.05, 0) is 32.9 Å². The molecule has 0 bridgehead atoms. The Kier molecular flexibility index (Phi) is 4.40. The molecule has 1 aromatic heterocycles. The van der Waals surface area contributed by atoms with Gasteiger partial charge < -0.3 is 9.47 Å². The summed E-state index contributed by atoms with van der Waals surface area (Å²) in [6.07, 6.45) is 2.50. The molecule has 0 N–H and O–H groups in total. The highest BCUT2D eigenvalue weighted by Gasteiger charge is 2.10. The van der Waals surface area contributed by atoms with Gasteiger partial charge in [-0.2, -0.15) is 5.10 Å². The van der Waals surface area contributed by atoms with Crippen LogP contribution in [-0.2, 0) is 0 Å². The zero-order chi connectivity index (χ0) is 14.5. The van der Waals surface area contributed by atoms with Crippen molar-refractivity contribution in [1.82, 2.24) is 9.78 Å². The second-order valence-corrected chi connectivity index (χ2v) is 4.23. The molecular weight excluding hydrogens is 256 g/mol. The zero-order valence-corrected chi connectivity index (χ0v) is 11.9. The van der Waals surface area contributed by atoms with E-state index in [-0.39, 0.29) is 0 Å². The minimum absolute atomic E-state index is 0.557. The predicted octanol–water partition coefficient (Wildman–Crippen LogP) is 2.79. The van der Waals surface area contributed by atoms with E-state index in [0.29, 0.717) is 36.0 Å². The number of carbonyl (C=O) groups excluding carboxylic acids is 1. The van der Waals surface area contributed by atoms with Crippen LogP contribution in [0.5, 0.6) is 11.5 Å². The van der Waals surface area contributed by atoms with E-state index in [0.717, 1.165) is 12.0 Å². The van der Waals surface area contributed by atoms with Crippen molar-refractivity contribution in [2.24, 2.45) is 0 Å². The van der Waals surface area contributed by atoms with Crippen molar-refractivity contribution >= 4 is 6.29 Å². The summed E-state index contributed by atoms with van der Waals surface area (Å²) in [4.78, 5) is 10.9. The van der Waals surface area contributed by atoms with Crippen LogP contribution >= 0.6 is 0 Å². The average molecular weight is 274 g/mol. The second kappa shape index (κ2) is 6.23. The summed E-state index contributed by atoms with van der Waals surface area (Å²) in [5.74, 6) is 1.38. The van der Waals surface area contributed by atoms with Crippen molar-refractivity contribution < 1.29 is 14.3 Å². The minimum atomic E-state index is 0.557. The topological polar surface area (TPSA) is 53.4 Å².